The van der Waals surface area contributed by atoms with E-state index >= 15 is 0 Å². The Morgan fingerprint density at radius 2 is 1.94 bits per heavy atom. The lowest BCUT2D eigenvalue weighted by Gasteiger charge is -2.30. The van der Waals surface area contributed by atoms with E-state index in [0.717, 1.165) is 31.4 Å². The summed E-state index contributed by atoms with van der Waals surface area (Å²) in [5.41, 5.74) is 2.51. The smallest absolute Gasteiger partial charge is 0.184 e. The summed E-state index contributed by atoms with van der Waals surface area (Å²) in [5, 5.41) is 0. The Morgan fingerprint density at radius 3 is 2.61 bits per heavy atom. The van der Waals surface area contributed by atoms with E-state index in [9.17, 15) is 0 Å². The monoisotopic (exact) mass is 248 g/mol. The van der Waals surface area contributed by atoms with Crippen molar-refractivity contribution in [3.8, 4) is 0 Å². The maximum Gasteiger partial charge on any atom is 0.184 e. The molecule has 0 N–H and O–H groups in total. The molecule has 0 saturated carbocycles. The zero-order chi connectivity index (χ0) is 12.8. The largest absolute Gasteiger partial charge is 0.348 e. The first kappa shape index (κ1) is 13.6. The van der Waals surface area contributed by atoms with Gasteiger partial charge in [-0.05, 0) is 24.8 Å². The summed E-state index contributed by atoms with van der Waals surface area (Å²) in [6.07, 6.45) is 5.95. The second-order valence-electron chi connectivity index (χ2n) is 4.99. The number of rotatable bonds is 5. The van der Waals surface area contributed by atoms with Gasteiger partial charge in [-0.1, -0.05) is 51.0 Å². The van der Waals surface area contributed by atoms with Gasteiger partial charge in [0.2, 0.25) is 0 Å². The molecule has 2 nitrogen and oxygen atoms in total. The van der Waals surface area contributed by atoms with Crippen LogP contribution >= 0.6 is 0 Å². The maximum atomic E-state index is 6.03. The van der Waals surface area contributed by atoms with Gasteiger partial charge < -0.3 is 9.47 Å². The van der Waals surface area contributed by atoms with Crippen LogP contribution in [0.5, 0.6) is 0 Å². The highest BCUT2D eigenvalue weighted by molar-refractivity contribution is 5.23. The molecule has 1 aliphatic heterocycles. The Labute approximate surface area is 110 Å². The van der Waals surface area contributed by atoms with E-state index in [1.54, 1.807) is 0 Å². The molecule has 2 heteroatoms. The van der Waals surface area contributed by atoms with Crippen LogP contribution in [0.25, 0.3) is 0 Å². The van der Waals surface area contributed by atoms with Crippen molar-refractivity contribution >= 4 is 0 Å². The second kappa shape index (κ2) is 6.91. The first-order chi connectivity index (χ1) is 8.83. The fourth-order valence-corrected chi connectivity index (χ4v) is 2.32. The van der Waals surface area contributed by atoms with Crippen LogP contribution in [0.2, 0.25) is 0 Å². The third-order valence-corrected chi connectivity index (χ3v) is 3.56. The molecule has 0 amide bonds. The van der Waals surface area contributed by atoms with Crippen LogP contribution in [0, 0.1) is 0 Å². The van der Waals surface area contributed by atoms with Crippen LogP contribution < -0.4 is 0 Å². The van der Waals surface area contributed by atoms with Gasteiger partial charge >= 0.3 is 0 Å². The van der Waals surface area contributed by atoms with E-state index in [4.69, 9.17) is 9.47 Å². The van der Waals surface area contributed by atoms with E-state index in [-0.39, 0.29) is 6.29 Å². The van der Waals surface area contributed by atoms with Crippen LogP contribution in [0.4, 0.5) is 0 Å². The molecule has 1 aromatic carbocycles. The van der Waals surface area contributed by atoms with Gasteiger partial charge in [0.1, 0.15) is 0 Å². The van der Waals surface area contributed by atoms with Gasteiger partial charge in [-0.3, -0.25) is 0 Å². The molecule has 0 bridgehead atoms. The van der Waals surface area contributed by atoms with Gasteiger partial charge in [-0.15, -0.1) is 0 Å². The van der Waals surface area contributed by atoms with Crippen LogP contribution in [-0.2, 0) is 15.9 Å². The summed E-state index contributed by atoms with van der Waals surface area (Å²) in [5.74, 6) is 0. The van der Waals surface area contributed by atoms with E-state index in [2.05, 4.69) is 38.1 Å². The molecule has 2 atom stereocenters. The number of unbranched alkanes of at least 4 members (excludes halogenated alkanes) is 1. The van der Waals surface area contributed by atoms with E-state index in [1.807, 2.05) is 0 Å². The minimum absolute atomic E-state index is 0.161. The Balaban J connectivity index is 1.94. The molecule has 100 valence electrons. The lowest BCUT2D eigenvalue weighted by molar-refractivity contribution is -0.218. The van der Waals surface area contributed by atoms with Gasteiger partial charge in [0.05, 0.1) is 12.7 Å². The Kier molecular flexibility index (Phi) is 5.21. The highest BCUT2D eigenvalue weighted by atomic mass is 16.7. The second-order valence-corrected chi connectivity index (χ2v) is 4.99. The number of ether oxygens (including phenoxy) is 2. The Bertz CT molecular complexity index is 345. The Hall–Kier alpha value is -0.860. The fraction of sp³-hybridized carbons (Fsp3) is 0.625. The van der Waals surface area contributed by atoms with Crippen molar-refractivity contribution in [3.05, 3.63) is 35.4 Å². The van der Waals surface area contributed by atoms with Crippen molar-refractivity contribution in [3.63, 3.8) is 0 Å². The standard InChI is InChI=1S/C16H24O2/c1-3-5-6-15-11-12-17-16(18-15)14-9-7-13(4-2)8-10-14/h7-10,15-16H,3-6,11-12H2,1-2H3. The number of hydrogen-bond donors (Lipinski definition) is 0. The van der Waals surface area contributed by atoms with Crippen molar-refractivity contribution in [2.75, 3.05) is 6.61 Å². The van der Waals surface area contributed by atoms with Gasteiger partial charge in [0.15, 0.2) is 6.29 Å². The summed E-state index contributed by atoms with van der Waals surface area (Å²) < 4.78 is 11.8. The molecule has 2 rings (SSSR count). The normalized spacial score (nSPS) is 24.1. The summed E-state index contributed by atoms with van der Waals surface area (Å²) in [6, 6.07) is 8.59. The molecule has 1 heterocycles. The van der Waals surface area contributed by atoms with Gasteiger partial charge in [0, 0.05) is 5.56 Å². The van der Waals surface area contributed by atoms with Crippen LogP contribution in [0.15, 0.2) is 24.3 Å². The highest BCUT2D eigenvalue weighted by Gasteiger charge is 2.23. The molecule has 0 aliphatic carbocycles. The summed E-state index contributed by atoms with van der Waals surface area (Å²) in [7, 11) is 0. The lowest BCUT2D eigenvalue weighted by Crippen LogP contribution is -2.26. The number of aryl methyl sites for hydroxylation is 1. The average molecular weight is 248 g/mol. The molecule has 1 saturated heterocycles. The summed E-state index contributed by atoms with van der Waals surface area (Å²) >= 11 is 0. The van der Waals surface area contributed by atoms with Crippen molar-refractivity contribution in [2.24, 2.45) is 0 Å². The minimum atomic E-state index is -0.161. The molecule has 18 heavy (non-hydrogen) atoms. The topological polar surface area (TPSA) is 18.5 Å². The van der Waals surface area contributed by atoms with Crippen LogP contribution in [-0.4, -0.2) is 12.7 Å². The molecule has 0 aromatic heterocycles. The lowest BCUT2D eigenvalue weighted by atomic mass is 10.1. The zero-order valence-corrected chi connectivity index (χ0v) is 11.5. The third-order valence-electron chi connectivity index (χ3n) is 3.56. The van der Waals surface area contributed by atoms with Crippen molar-refractivity contribution < 1.29 is 9.47 Å². The quantitative estimate of drug-likeness (QED) is 0.775. The molecular weight excluding hydrogens is 224 g/mol. The zero-order valence-electron chi connectivity index (χ0n) is 11.5. The van der Waals surface area contributed by atoms with E-state index in [1.165, 1.54) is 18.4 Å². The van der Waals surface area contributed by atoms with Gasteiger partial charge in [-0.25, -0.2) is 0 Å². The van der Waals surface area contributed by atoms with E-state index < -0.39 is 0 Å². The van der Waals surface area contributed by atoms with Gasteiger partial charge in [0.25, 0.3) is 0 Å². The molecule has 0 spiro atoms. The van der Waals surface area contributed by atoms with Crippen molar-refractivity contribution in [2.45, 2.75) is 58.3 Å². The van der Waals surface area contributed by atoms with E-state index in [0.29, 0.717) is 6.10 Å². The van der Waals surface area contributed by atoms with Gasteiger partial charge in [-0.2, -0.15) is 0 Å². The SMILES string of the molecule is CCCCC1CCOC(c2ccc(CC)cc2)O1. The summed E-state index contributed by atoms with van der Waals surface area (Å²) in [6.45, 7) is 5.21. The minimum Gasteiger partial charge on any atom is -0.348 e. The molecule has 1 fully saturated rings. The molecule has 1 aliphatic rings. The third kappa shape index (κ3) is 3.56. The fourth-order valence-electron chi connectivity index (χ4n) is 2.32. The summed E-state index contributed by atoms with van der Waals surface area (Å²) in [4.78, 5) is 0. The average Bonchev–Trinajstić information content (AvgIpc) is 2.45. The Morgan fingerprint density at radius 1 is 1.17 bits per heavy atom. The van der Waals surface area contributed by atoms with Crippen molar-refractivity contribution in [1.82, 2.24) is 0 Å². The predicted octanol–water partition coefficient (Wildman–Crippen LogP) is 4.24. The maximum absolute atomic E-state index is 6.03. The van der Waals surface area contributed by atoms with Crippen LogP contribution in [0.1, 0.15) is 56.9 Å². The first-order valence-electron chi connectivity index (χ1n) is 7.19. The van der Waals surface area contributed by atoms with Crippen LogP contribution in [0.3, 0.4) is 0 Å². The molecule has 2 unspecified atom stereocenters. The van der Waals surface area contributed by atoms with Crippen molar-refractivity contribution in [1.29, 1.82) is 0 Å². The predicted molar refractivity (Wildman–Crippen MR) is 73.5 cm³/mol. The molecular formula is C16H24O2. The molecule has 0 radical (unpaired) electrons. The first-order valence-corrected chi connectivity index (χ1v) is 7.19. The number of benzene rings is 1. The number of hydrogen-bond acceptors (Lipinski definition) is 2. The molecule has 1 aromatic rings. The highest BCUT2D eigenvalue weighted by Crippen LogP contribution is 2.28.